The molecule has 21 heavy (non-hydrogen) atoms. The fourth-order valence-electron chi connectivity index (χ4n) is 2.16. The van der Waals surface area contributed by atoms with Crippen molar-refractivity contribution in [3.63, 3.8) is 0 Å². The van der Waals surface area contributed by atoms with Gasteiger partial charge in [-0.2, -0.15) is 13.9 Å². The van der Waals surface area contributed by atoms with E-state index < -0.39 is 12.7 Å². The van der Waals surface area contributed by atoms with E-state index in [1.807, 2.05) is 6.92 Å². The summed E-state index contributed by atoms with van der Waals surface area (Å²) < 4.78 is 31.2. The van der Waals surface area contributed by atoms with Gasteiger partial charge in [0.1, 0.15) is 5.75 Å². The van der Waals surface area contributed by atoms with Crippen LogP contribution in [0.1, 0.15) is 30.6 Å². The SMILES string of the molecule is CCCn1ncc(Cl)c1C(N)c1ccccc1OC(F)F. The first-order valence-corrected chi connectivity index (χ1v) is 6.93. The highest BCUT2D eigenvalue weighted by Crippen LogP contribution is 2.32. The molecule has 2 N–H and O–H groups in total. The normalized spacial score (nSPS) is 12.7. The quantitative estimate of drug-likeness (QED) is 0.886. The number of halogens is 3. The zero-order valence-electron chi connectivity index (χ0n) is 11.5. The molecule has 1 aromatic heterocycles. The van der Waals surface area contributed by atoms with E-state index >= 15 is 0 Å². The molecule has 0 bridgehead atoms. The highest BCUT2D eigenvalue weighted by molar-refractivity contribution is 6.31. The minimum atomic E-state index is -2.91. The van der Waals surface area contributed by atoms with Crippen molar-refractivity contribution in [1.29, 1.82) is 0 Å². The summed E-state index contributed by atoms with van der Waals surface area (Å²) in [6.45, 7) is -0.263. The number of nitrogens with two attached hydrogens (primary N) is 1. The molecule has 1 aromatic carbocycles. The number of hydrogen-bond donors (Lipinski definition) is 1. The maximum Gasteiger partial charge on any atom is 0.387 e. The lowest BCUT2D eigenvalue weighted by atomic mass is 10.0. The lowest BCUT2D eigenvalue weighted by molar-refractivity contribution is -0.0505. The topological polar surface area (TPSA) is 53.1 Å². The number of benzene rings is 1. The zero-order valence-corrected chi connectivity index (χ0v) is 12.2. The largest absolute Gasteiger partial charge is 0.434 e. The summed E-state index contributed by atoms with van der Waals surface area (Å²) in [5.74, 6) is 0.0420. The maximum absolute atomic E-state index is 12.5. The van der Waals surface area contributed by atoms with Gasteiger partial charge in [0.25, 0.3) is 0 Å². The molecular formula is C14H16ClF2N3O. The van der Waals surface area contributed by atoms with Gasteiger partial charge in [-0.05, 0) is 12.5 Å². The number of nitrogens with zero attached hydrogens (tertiary/aromatic N) is 2. The van der Waals surface area contributed by atoms with E-state index in [2.05, 4.69) is 9.84 Å². The highest BCUT2D eigenvalue weighted by Gasteiger charge is 2.22. The molecule has 1 unspecified atom stereocenters. The van der Waals surface area contributed by atoms with E-state index in [4.69, 9.17) is 17.3 Å². The van der Waals surface area contributed by atoms with E-state index in [0.29, 0.717) is 22.8 Å². The Bertz CT molecular complexity index is 604. The van der Waals surface area contributed by atoms with Gasteiger partial charge >= 0.3 is 6.61 Å². The van der Waals surface area contributed by atoms with Gasteiger partial charge in [0.15, 0.2) is 0 Å². The van der Waals surface area contributed by atoms with Gasteiger partial charge in [-0.1, -0.05) is 36.7 Å². The highest BCUT2D eigenvalue weighted by atomic mass is 35.5. The molecule has 7 heteroatoms. The monoisotopic (exact) mass is 315 g/mol. The lowest BCUT2D eigenvalue weighted by Crippen LogP contribution is -2.19. The average molecular weight is 316 g/mol. The summed E-state index contributed by atoms with van der Waals surface area (Å²) in [6, 6.07) is 5.72. The minimum absolute atomic E-state index is 0.0420. The van der Waals surface area contributed by atoms with Gasteiger partial charge in [0.05, 0.1) is 23.0 Å². The van der Waals surface area contributed by atoms with Gasteiger partial charge in [-0.3, -0.25) is 4.68 Å². The van der Waals surface area contributed by atoms with Crippen LogP contribution in [0.2, 0.25) is 5.02 Å². The Labute approximate surface area is 126 Å². The summed E-state index contributed by atoms with van der Waals surface area (Å²) in [5.41, 5.74) is 7.23. The predicted octanol–water partition coefficient (Wildman–Crippen LogP) is 3.60. The van der Waals surface area contributed by atoms with Crippen LogP contribution in [0.4, 0.5) is 8.78 Å². The van der Waals surface area contributed by atoms with Crippen molar-refractivity contribution in [3.05, 3.63) is 46.7 Å². The molecule has 0 aliphatic carbocycles. The molecule has 0 saturated carbocycles. The number of rotatable bonds is 6. The molecule has 0 saturated heterocycles. The smallest absolute Gasteiger partial charge is 0.387 e. The molecule has 2 rings (SSSR count). The van der Waals surface area contributed by atoms with E-state index in [-0.39, 0.29) is 5.75 Å². The molecule has 0 spiro atoms. The zero-order chi connectivity index (χ0) is 15.4. The summed E-state index contributed by atoms with van der Waals surface area (Å²) in [7, 11) is 0. The molecule has 1 heterocycles. The predicted molar refractivity (Wildman–Crippen MR) is 76.6 cm³/mol. The second-order valence-corrected chi connectivity index (χ2v) is 4.90. The Balaban J connectivity index is 2.40. The van der Waals surface area contributed by atoms with Crippen LogP contribution in [0, 0.1) is 0 Å². The van der Waals surface area contributed by atoms with Gasteiger partial charge < -0.3 is 10.5 Å². The van der Waals surface area contributed by atoms with Gasteiger partial charge in [-0.15, -0.1) is 0 Å². The Morgan fingerprint density at radius 1 is 1.38 bits per heavy atom. The molecule has 4 nitrogen and oxygen atoms in total. The number of para-hydroxylation sites is 1. The molecule has 0 amide bonds. The minimum Gasteiger partial charge on any atom is -0.434 e. The first kappa shape index (κ1) is 15.7. The van der Waals surface area contributed by atoms with Gasteiger partial charge in [0.2, 0.25) is 0 Å². The fraction of sp³-hybridized carbons (Fsp3) is 0.357. The van der Waals surface area contributed by atoms with Crippen LogP contribution in [0.15, 0.2) is 30.5 Å². The molecule has 0 aliphatic heterocycles. The lowest BCUT2D eigenvalue weighted by Gasteiger charge is -2.18. The number of hydrogen-bond acceptors (Lipinski definition) is 3. The van der Waals surface area contributed by atoms with Crippen molar-refractivity contribution in [2.24, 2.45) is 5.73 Å². The van der Waals surface area contributed by atoms with Crippen LogP contribution in [0.5, 0.6) is 5.75 Å². The Morgan fingerprint density at radius 2 is 2.10 bits per heavy atom. The van der Waals surface area contributed by atoms with Gasteiger partial charge in [-0.25, -0.2) is 0 Å². The van der Waals surface area contributed by atoms with E-state index in [1.54, 1.807) is 22.9 Å². The number of ether oxygens (including phenoxy) is 1. The second-order valence-electron chi connectivity index (χ2n) is 4.49. The first-order chi connectivity index (χ1) is 10.0. The molecule has 0 radical (unpaired) electrons. The van der Waals surface area contributed by atoms with Crippen LogP contribution >= 0.6 is 11.6 Å². The summed E-state index contributed by atoms with van der Waals surface area (Å²) in [4.78, 5) is 0. The van der Waals surface area contributed by atoms with Crippen molar-refractivity contribution < 1.29 is 13.5 Å². The average Bonchev–Trinajstić information content (AvgIpc) is 2.79. The molecule has 114 valence electrons. The molecule has 2 aromatic rings. The standard InChI is InChI=1S/C14H16ClF2N3O/c1-2-7-20-13(10(15)8-19-20)12(18)9-5-3-4-6-11(9)21-14(16)17/h3-6,8,12,14H,2,7,18H2,1H3. The van der Waals surface area contributed by atoms with Crippen molar-refractivity contribution in [3.8, 4) is 5.75 Å². The number of alkyl halides is 2. The third-order valence-corrected chi connectivity index (χ3v) is 3.32. The maximum atomic E-state index is 12.5. The molecule has 1 atom stereocenters. The molecule has 0 fully saturated rings. The number of aryl methyl sites for hydroxylation is 1. The van der Waals surface area contributed by atoms with E-state index in [1.165, 1.54) is 12.3 Å². The van der Waals surface area contributed by atoms with Crippen LogP contribution in [-0.2, 0) is 6.54 Å². The third-order valence-electron chi connectivity index (χ3n) is 3.03. The van der Waals surface area contributed by atoms with Crippen molar-refractivity contribution in [1.82, 2.24) is 9.78 Å². The number of aromatic nitrogens is 2. The third kappa shape index (κ3) is 3.51. The van der Waals surface area contributed by atoms with E-state index in [0.717, 1.165) is 6.42 Å². The van der Waals surface area contributed by atoms with Gasteiger partial charge in [0, 0.05) is 12.1 Å². The Hall–Kier alpha value is -1.66. The van der Waals surface area contributed by atoms with E-state index in [9.17, 15) is 8.78 Å². The summed E-state index contributed by atoms with van der Waals surface area (Å²) in [6.07, 6.45) is 2.36. The van der Waals surface area contributed by atoms with Crippen LogP contribution in [-0.4, -0.2) is 16.4 Å². The summed E-state index contributed by atoms with van der Waals surface area (Å²) in [5, 5.41) is 4.56. The second kappa shape index (κ2) is 6.87. The van der Waals surface area contributed by atoms with Crippen molar-refractivity contribution in [2.75, 3.05) is 0 Å². The Kier molecular flexibility index (Phi) is 5.14. The fourth-order valence-corrected chi connectivity index (χ4v) is 2.42. The van der Waals surface area contributed by atoms with Crippen molar-refractivity contribution in [2.45, 2.75) is 32.5 Å². The molecular weight excluding hydrogens is 300 g/mol. The van der Waals surface area contributed by atoms with Crippen LogP contribution in [0.3, 0.4) is 0 Å². The van der Waals surface area contributed by atoms with Crippen LogP contribution in [0.25, 0.3) is 0 Å². The molecule has 0 aliphatic rings. The first-order valence-electron chi connectivity index (χ1n) is 6.55. The van der Waals surface area contributed by atoms with Crippen molar-refractivity contribution >= 4 is 11.6 Å². The van der Waals surface area contributed by atoms with Crippen LogP contribution < -0.4 is 10.5 Å². The summed E-state index contributed by atoms with van der Waals surface area (Å²) >= 11 is 6.13. The Morgan fingerprint density at radius 3 is 2.76 bits per heavy atom.